The molecule has 0 saturated carbocycles. The molecule has 1 aromatic carbocycles. The first-order valence-electron chi connectivity index (χ1n) is 4.38. The van der Waals surface area contributed by atoms with Crippen molar-refractivity contribution in [3.05, 3.63) is 33.8 Å². The normalized spacial score (nSPS) is 10.4. The van der Waals surface area contributed by atoms with Crippen molar-refractivity contribution in [3.63, 3.8) is 0 Å². The van der Waals surface area contributed by atoms with Crippen molar-refractivity contribution < 1.29 is 0 Å². The summed E-state index contributed by atoms with van der Waals surface area (Å²) in [7, 11) is 0. The summed E-state index contributed by atoms with van der Waals surface area (Å²) in [5.74, 6) is 0. The van der Waals surface area contributed by atoms with Crippen LogP contribution in [0.4, 0.5) is 0 Å². The number of hydrogen-bond acceptors (Lipinski definition) is 1. The van der Waals surface area contributed by atoms with Gasteiger partial charge < -0.3 is 5.73 Å². The predicted molar refractivity (Wildman–Crippen MR) is 58.5 cm³/mol. The van der Waals surface area contributed by atoms with Crippen LogP contribution in [0.5, 0.6) is 0 Å². The Morgan fingerprint density at radius 3 is 2.62 bits per heavy atom. The van der Waals surface area contributed by atoms with E-state index < -0.39 is 0 Å². The summed E-state index contributed by atoms with van der Waals surface area (Å²) in [6.07, 6.45) is 3.05. The van der Waals surface area contributed by atoms with Gasteiger partial charge in [0.15, 0.2) is 0 Å². The van der Waals surface area contributed by atoms with Crippen LogP contribution in [0.3, 0.4) is 0 Å². The van der Waals surface area contributed by atoms with Crippen molar-refractivity contribution in [2.24, 2.45) is 5.73 Å². The molecule has 1 nitrogen and oxygen atoms in total. The molecule has 0 radical (unpaired) electrons. The summed E-state index contributed by atoms with van der Waals surface area (Å²) in [5.41, 5.74) is 6.52. The van der Waals surface area contributed by atoms with E-state index in [0.717, 1.165) is 31.4 Å². The van der Waals surface area contributed by atoms with Gasteiger partial charge in [0.2, 0.25) is 0 Å². The number of unbranched alkanes of at least 4 members (excludes halogenated alkanes) is 1. The third-order valence-electron chi connectivity index (χ3n) is 1.93. The summed E-state index contributed by atoms with van der Waals surface area (Å²) in [5, 5.41) is 1.31. The molecule has 0 aromatic heterocycles. The SMILES string of the molecule is NCCCCc1cccc(Cl)c1Cl. The average Bonchev–Trinajstić information content (AvgIpc) is 2.13. The van der Waals surface area contributed by atoms with E-state index >= 15 is 0 Å². The van der Waals surface area contributed by atoms with Crippen LogP contribution in [0.1, 0.15) is 18.4 Å². The number of halogens is 2. The van der Waals surface area contributed by atoms with Gasteiger partial charge in [0.05, 0.1) is 10.0 Å². The first-order valence-corrected chi connectivity index (χ1v) is 5.14. The van der Waals surface area contributed by atoms with Gasteiger partial charge >= 0.3 is 0 Å². The molecule has 0 unspecified atom stereocenters. The zero-order valence-corrected chi connectivity index (χ0v) is 8.91. The Morgan fingerprint density at radius 1 is 1.15 bits per heavy atom. The Labute approximate surface area is 88.8 Å². The standard InChI is InChI=1S/C10H13Cl2N/c11-9-6-3-5-8(10(9)12)4-1-2-7-13/h3,5-6H,1-2,4,7,13H2. The Hall–Kier alpha value is -0.240. The van der Waals surface area contributed by atoms with Gasteiger partial charge in [-0.1, -0.05) is 35.3 Å². The molecule has 72 valence electrons. The Kier molecular flexibility index (Phi) is 4.57. The molecule has 0 atom stereocenters. The molecule has 0 aliphatic heterocycles. The largest absolute Gasteiger partial charge is 0.330 e. The van der Waals surface area contributed by atoms with Crippen LogP contribution >= 0.6 is 23.2 Å². The lowest BCUT2D eigenvalue weighted by atomic mass is 10.1. The first-order chi connectivity index (χ1) is 6.25. The minimum Gasteiger partial charge on any atom is -0.330 e. The second-order valence-electron chi connectivity index (χ2n) is 2.96. The smallest absolute Gasteiger partial charge is 0.0624 e. The van der Waals surface area contributed by atoms with Gasteiger partial charge in [-0.2, -0.15) is 0 Å². The van der Waals surface area contributed by atoms with Crippen LogP contribution in [-0.2, 0) is 6.42 Å². The predicted octanol–water partition coefficient (Wildman–Crippen LogP) is 3.27. The zero-order chi connectivity index (χ0) is 9.68. The molecule has 0 saturated heterocycles. The summed E-state index contributed by atoms with van der Waals surface area (Å²) in [6.45, 7) is 0.734. The number of aryl methyl sites for hydroxylation is 1. The molecule has 2 N–H and O–H groups in total. The van der Waals surface area contributed by atoms with Crippen molar-refractivity contribution in [2.75, 3.05) is 6.54 Å². The van der Waals surface area contributed by atoms with Gasteiger partial charge in [-0.25, -0.2) is 0 Å². The van der Waals surface area contributed by atoms with E-state index in [1.54, 1.807) is 6.07 Å². The molecule has 1 rings (SSSR count). The van der Waals surface area contributed by atoms with E-state index in [2.05, 4.69) is 0 Å². The molecule has 0 amide bonds. The lowest BCUT2D eigenvalue weighted by Gasteiger charge is -2.04. The Bertz CT molecular complexity index is 274. The molecule has 0 aliphatic carbocycles. The van der Waals surface area contributed by atoms with Gasteiger partial charge in [0, 0.05) is 0 Å². The second-order valence-corrected chi connectivity index (χ2v) is 3.74. The van der Waals surface area contributed by atoms with Gasteiger partial charge in [0.25, 0.3) is 0 Å². The highest BCUT2D eigenvalue weighted by Crippen LogP contribution is 2.26. The highest BCUT2D eigenvalue weighted by atomic mass is 35.5. The van der Waals surface area contributed by atoms with Crippen molar-refractivity contribution >= 4 is 23.2 Å². The molecule has 0 heterocycles. The van der Waals surface area contributed by atoms with E-state index in [4.69, 9.17) is 28.9 Å². The molecule has 13 heavy (non-hydrogen) atoms. The van der Waals surface area contributed by atoms with Gasteiger partial charge in [0.1, 0.15) is 0 Å². The maximum atomic E-state index is 6.01. The van der Waals surface area contributed by atoms with Crippen LogP contribution in [0.2, 0.25) is 10.0 Å². The molecule has 0 spiro atoms. The average molecular weight is 218 g/mol. The summed E-state index contributed by atoms with van der Waals surface area (Å²) < 4.78 is 0. The minimum atomic E-state index is 0.631. The fourth-order valence-electron chi connectivity index (χ4n) is 1.20. The van der Waals surface area contributed by atoms with Crippen molar-refractivity contribution in [2.45, 2.75) is 19.3 Å². The van der Waals surface area contributed by atoms with Crippen molar-refractivity contribution in [1.29, 1.82) is 0 Å². The van der Waals surface area contributed by atoms with E-state index in [1.165, 1.54) is 0 Å². The number of rotatable bonds is 4. The van der Waals surface area contributed by atoms with Crippen LogP contribution in [-0.4, -0.2) is 6.54 Å². The molecule has 0 bridgehead atoms. The topological polar surface area (TPSA) is 26.0 Å². The third-order valence-corrected chi connectivity index (χ3v) is 2.79. The van der Waals surface area contributed by atoms with E-state index in [9.17, 15) is 0 Å². The number of benzene rings is 1. The molecule has 0 aliphatic rings. The van der Waals surface area contributed by atoms with E-state index in [0.29, 0.717) is 10.0 Å². The van der Waals surface area contributed by atoms with Crippen LogP contribution in [0, 0.1) is 0 Å². The molecule has 1 aromatic rings. The highest BCUT2D eigenvalue weighted by Gasteiger charge is 2.02. The van der Waals surface area contributed by atoms with Gasteiger partial charge in [-0.05, 0) is 37.4 Å². The summed E-state index contributed by atoms with van der Waals surface area (Å²) in [4.78, 5) is 0. The van der Waals surface area contributed by atoms with Crippen LogP contribution in [0.15, 0.2) is 18.2 Å². The first kappa shape index (κ1) is 10.8. The molecular weight excluding hydrogens is 205 g/mol. The molecular formula is C10H13Cl2N. The van der Waals surface area contributed by atoms with Crippen LogP contribution in [0.25, 0.3) is 0 Å². The van der Waals surface area contributed by atoms with Gasteiger partial charge in [-0.3, -0.25) is 0 Å². The van der Waals surface area contributed by atoms with Crippen LogP contribution < -0.4 is 5.73 Å². The number of nitrogens with two attached hydrogens (primary N) is 1. The summed E-state index contributed by atoms with van der Waals surface area (Å²) >= 11 is 11.9. The molecule has 3 heteroatoms. The highest BCUT2D eigenvalue weighted by molar-refractivity contribution is 6.42. The number of hydrogen-bond donors (Lipinski definition) is 1. The summed E-state index contributed by atoms with van der Waals surface area (Å²) in [6, 6.07) is 5.73. The van der Waals surface area contributed by atoms with Gasteiger partial charge in [-0.15, -0.1) is 0 Å². The Morgan fingerprint density at radius 2 is 1.92 bits per heavy atom. The maximum absolute atomic E-state index is 6.01. The fourth-order valence-corrected chi connectivity index (χ4v) is 1.62. The fraction of sp³-hybridized carbons (Fsp3) is 0.400. The van der Waals surface area contributed by atoms with E-state index in [-0.39, 0.29) is 0 Å². The van der Waals surface area contributed by atoms with Crippen molar-refractivity contribution in [3.8, 4) is 0 Å². The maximum Gasteiger partial charge on any atom is 0.0624 e. The Balaban J connectivity index is 2.61. The third kappa shape index (κ3) is 3.18. The van der Waals surface area contributed by atoms with E-state index in [1.807, 2.05) is 12.1 Å². The van der Waals surface area contributed by atoms with Crippen molar-refractivity contribution in [1.82, 2.24) is 0 Å². The monoisotopic (exact) mass is 217 g/mol. The lowest BCUT2D eigenvalue weighted by Crippen LogP contribution is -1.99. The second kappa shape index (κ2) is 5.48. The zero-order valence-electron chi connectivity index (χ0n) is 7.39. The lowest BCUT2D eigenvalue weighted by molar-refractivity contribution is 0.745. The quantitative estimate of drug-likeness (QED) is 0.771. The minimum absolute atomic E-state index is 0.631. The molecule has 0 fully saturated rings.